The van der Waals surface area contributed by atoms with E-state index in [2.05, 4.69) is 0 Å². The van der Waals surface area contributed by atoms with Gasteiger partial charge in [0.1, 0.15) is 5.57 Å². The second-order valence-corrected chi connectivity index (χ2v) is 5.39. The molecule has 0 spiro atoms. The molecule has 0 aliphatic heterocycles. The Morgan fingerprint density at radius 3 is 2.43 bits per heavy atom. The molecule has 1 aromatic rings. The Morgan fingerprint density at radius 1 is 1.14 bits per heavy atom. The third-order valence-corrected chi connectivity index (χ3v) is 3.83. The van der Waals surface area contributed by atoms with Crippen LogP contribution < -0.4 is 0 Å². The van der Waals surface area contributed by atoms with Crippen LogP contribution in [0.3, 0.4) is 0 Å². The van der Waals surface area contributed by atoms with E-state index in [1.54, 1.807) is 31.2 Å². The first-order valence-electron chi connectivity index (χ1n) is 7.71. The maximum Gasteiger partial charge on any atom is 0.341 e. The van der Waals surface area contributed by atoms with E-state index in [1.165, 1.54) is 6.42 Å². The zero-order valence-electron chi connectivity index (χ0n) is 12.5. The van der Waals surface area contributed by atoms with Gasteiger partial charge in [-0.25, -0.2) is 4.79 Å². The van der Waals surface area contributed by atoms with Gasteiger partial charge in [0, 0.05) is 5.56 Å². The number of hydrogen-bond acceptors (Lipinski definition) is 3. The summed E-state index contributed by atoms with van der Waals surface area (Å²) in [5.41, 5.74) is 0.725. The third-order valence-electron chi connectivity index (χ3n) is 3.83. The zero-order valence-corrected chi connectivity index (χ0v) is 12.5. The molecule has 1 aliphatic rings. The summed E-state index contributed by atoms with van der Waals surface area (Å²) in [4.78, 5) is 24.7. The highest BCUT2D eigenvalue weighted by Gasteiger charge is 2.23. The van der Waals surface area contributed by atoms with Gasteiger partial charge in [0.05, 0.1) is 6.61 Å². The number of rotatable bonds is 5. The van der Waals surface area contributed by atoms with Crippen molar-refractivity contribution in [1.82, 2.24) is 0 Å². The molecule has 0 atom stereocenters. The molecule has 1 fully saturated rings. The highest BCUT2D eigenvalue weighted by atomic mass is 16.5. The summed E-state index contributed by atoms with van der Waals surface area (Å²) in [5.74, 6) is -0.428. The Morgan fingerprint density at radius 2 is 1.81 bits per heavy atom. The van der Waals surface area contributed by atoms with E-state index in [0.717, 1.165) is 25.7 Å². The molecular weight excluding hydrogens is 264 g/mol. The molecule has 0 radical (unpaired) electrons. The predicted octanol–water partition coefficient (Wildman–Crippen LogP) is 3.94. The SMILES string of the molecule is CCOC(=O)C(=CC1CCCCC1)C(=O)c1ccccc1. The van der Waals surface area contributed by atoms with Gasteiger partial charge in [-0.3, -0.25) is 4.79 Å². The number of carbonyl (C=O) groups excluding carboxylic acids is 2. The fourth-order valence-corrected chi connectivity index (χ4v) is 2.73. The van der Waals surface area contributed by atoms with Crippen molar-refractivity contribution in [3.63, 3.8) is 0 Å². The van der Waals surface area contributed by atoms with Gasteiger partial charge in [0.25, 0.3) is 0 Å². The van der Waals surface area contributed by atoms with E-state index in [9.17, 15) is 9.59 Å². The Labute approximate surface area is 126 Å². The van der Waals surface area contributed by atoms with Crippen molar-refractivity contribution < 1.29 is 14.3 Å². The van der Waals surface area contributed by atoms with Crippen LogP contribution in [-0.2, 0) is 9.53 Å². The minimum absolute atomic E-state index is 0.190. The largest absolute Gasteiger partial charge is 0.462 e. The van der Waals surface area contributed by atoms with Crippen molar-refractivity contribution in [2.75, 3.05) is 6.61 Å². The van der Waals surface area contributed by atoms with Crippen molar-refractivity contribution in [2.24, 2.45) is 5.92 Å². The summed E-state index contributed by atoms with van der Waals surface area (Å²) in [5, 5.41) is 0. The minimum Gasteiger partial charge on any atom is -0.462 e. The summed E-state index contributed by atoms with van der Waals surface area (Å²) < 4.78 is 5.06. The van der Waals surface area contributed by atoms with Crippen LogP contribution in [0.15, 0.2) is 42.0 Å². The van der Waals surface area contributed by atoms with Crippen LogP contribution in [-0.4, -0.2) is 18.4 Å². The fraction of sp³-hybridized carbons (Fsp3) is 0.444. The lowest BCUT2D eigenvalue weighted by atomic mass is 9.87. The molecule has 0 heterocycles. The summed E-state index contributed by atoms with van der Waals surface area (Å²) >= 11 is 0. The Kier molecular flexibility index (Phi) is 5.73. The molecule has 0 aromatic heterocycles. The van der Waals surface area contributed by atoms with Crippen LogP contribution in [0.2, 0.25) is 0 Å². The summed E-state index contributed by atoms with van der Waals surface area (Å²) in [6.45, 7) is 2.03. The summed E-state index contributed by atoms with van der Waals surface area (Å²) in [7, 11) is 0. The van der Waals surface area contributed by atoms with Crippen LogP contribution >= 0.6 is 0 Å². The van der Waals surface area contributed by atoms with Gasteiger partial charge < -0.3 is 4.74 Å². The molecule has 0 unspecified atom stereocenters. The number of benzene rings is 1. The first-order valence-corrected chi connectivity index (χ1v) is 7.71. The lowest BCUT2D eigenvalue weighted by Gasteiger charge is -2.19. The molecule has 21 heavy (non-hydrogen) atoms. The Bertz CT molecular complexity index is 511. The van der Waals surface area contributed by atoms with Crippen LogP contribution in [0.25, 0.3) is 0 Å². The molecule has 2 rings (SSSR count). The molecular formula is C18H22O3. The molecule has 1 aliphatic carbocycles. The molecule has 0 N–H and O–H groups in total. The third kappa shape index (κ3) is 4.28. The van der Waals surface area contributed by atoms with Gasteiger partial charge in [-0.2, -0.15) is 0 Å². The van der Waals surface area contributed by atoms with Crippen LogP contribution in [0.1, 0.15) is 49.4 Å². The van der Waals surface area contributed by atoms with Crippen molar-refractivity contribution in [3.05, 3.63) is 47.5 Å². The first-order chi connectivity index (χ1) is 10.2. The number of esters is 1. The lowest BCUT2D eigenvalue weighted by molar-refractivity contribution is -0.138. The van der Waals surface area contributed by atoms with E-state index in [1.807, 2.05) is 12.1 Å². The first kappa shape index (κ1) is 15.5. The van der Waals surface area contributed by atoms with E-state index >= 15 is 0 Å². The number of allylic oxidation sites excluding steroid dienone is 1. The molecule has 0 saturated heterocycles. The smallest absolute Gasteiger partial charge is 0.341 e. The van der Waals surface area contributed by atoms with E-state index < -0.39 is 5.97 Å². The second-order valence-electron chi connectivity index (χ2n) is 5.39. The maximum absolute atomic E-state index is 12.6. The highest BCUT2D eigenvalue weighted by Crippen LogP contribution is 2.26. The van der Waals surface area contributed by atoms with Crippen LogP contribution in [0.4, 0.5) is 0 Å². The average molecular weight is 286 g/mol. The molecule has 1 saturated carbocycles. The summed E-state index contributed by atoms with van der Waals surface area (Å²) in [6.07, 6.45) is 7.50. The van der Waals surface area contributed by atoms with Gasteiger partial charge >= 0.3 is 5.97 Å². The monoisotopic (exact) mass is 286 g/mol. The molecule has 1 aromatic carbocycles. The van der Waals surface area contributed by atoms with Crippen molar-refractivity contribution in [2.45, 2.75) is 39.0 Å². The molecule has 0 bridgehead atoms. The highest BCUT2D eigenvalue weighted by molar-refractivity contribution is 6.24. The normalized spacial score (nSPS) is 16.5. The maximum atomic E-state index is 12.6. The van der Waals surface area contributed by atoms with E-state index in [4.69, 9.17) is 4.74 Å². The van der Waals surface area contributed by atoms with Crippen LogP contribution in [0, 0.1) is 5.92 Å². The number of ketones is 1. The molecule has 3 nitrogen and oxygen atoms in total. The van der Waals surface area contributed by atoms with Gasteiger partial charge in [0.2, 0.25) is 0 Å². The van der Waals surface area contributed by atoms with E-state index in [0.29, 0.717) is 11.5 Å². The second kappa shape index (κ2) is 7.77. The van der Waals surface area contributed by atoms with Gasteiger partial charge in [0.15, 0.2) is 5.78 Å². The topological polar surface area (TPSA) is 43.4 Å². The molecule has 112 valence electrons. The Hall–Kier alpha value is -1.90. The van der Waals surface area contributed by atoms with Gasteiger partial charge in [-0.1, -0.05) is 55.7 Å². The number of carbonyl (C=O) groups is 2. The van der Waals surface area contributed by atoms with Crippen LogP contribution in [0.5, 0.6) is 0 Å². The Balaban J connectivity index is 2.25. The average Bonchev–Trinajstić information content (AvgIpc) is 2.54. The molecule has 0 amide bonds. The number of Topliss-reactive ketones (excluding diaryl/α,β-unsaturated/α-hetero) is 1. The minimum atomic E-state index is -0.503. The van der Waals surface area contributed by atoms with Crippen molar-refractivity contribution in [3.8, 4) is 0 Å². The zero-order chi connectivity index (χ0) is 15.1. The number of ether oxygens (including phenoxy) is 1. The van der Waals surface area contributed by atoms with E-state index in [-0.39, 0.29) is 18.0 Å². The van der Waals surface area contributed by atoms with Gasteiger partial charge in [-0.05, 0) is 25.7 Å². The van der Waals surface area contributed by atoms with Crippen molar-refractivity contribution in [1.29, 1.82) is 0 Å². The standard InChI is InChI=1S/C18H22O3/c1-2-21-18(20)16(13-14-9-5-3-6-10-14)17(19)15-11-7-4-8-12-15/h4,7-8,11-14H,2-3,5-6,9-10H2,1H3. The molecule has 3 heteroatoms. The predicted molar refractivity (Wildman–Crippen MR) is 82.1 cm³/mol. The fourth-order valence-electron chi connectivity index (χ4n) is 2.73. The lowest BCUT2D eigenvalue weighted by Crippen LogP contribution is -2.18. The van der Waals surface area contributed by atoms with Crippen molar-refractivity contribution >= 4 is 11.8 Å². The summed E-state index contributed by atoms with van der Waals surface area (Å²) in [6, 6.07) is 8.92. The quantitative estimate of drug-likeness (QED) is 0.271. The van der Waals surface area contributed by atoms with Gasteiger partial charge in [-0.15, -0.1) is 0 Å². The number of hydrogen-bond donors (Lipinski definition) is 0.